The topological polar surface area (TPSA) is 9.23 Å². The molecule has 0 saturated heterocycles. The summed E-state index contributed by atoms with van der Waals surface area (Å²) in [6.45, 7) is 0.544. The van der Waals surface area contributed by atoms with Gasteiger partial charge in [0.25, 0.3) is 0 Å². The summed E-state index contributed by atoms with van der Waals surface area (Å²) in [5, 5.41) is 0. The summed E-state index contributed by atoms with van der Waals surface area (Å²) in [6, 6.07) is 3.41. The number of benzene rings is 1. The molecule has 0 N–H and O–H groups in total. The predicted molar refractivity (Wildman–Crippen MR) is 53.8 cm³/mol. The third-order valence-corrected chi connectivity index (χ3v) is 2.84. The summed E-state index contributed by atoms with van der Waals surface area (Å²) in [7, 11) is 0. The maximum absolute atomic E-state index is 13.2. The lowest BCUT2D eigenvalue weighted by molar-refractivity contribution is 0.241. The van der Waals surface area contributed by atoms with E-state index in [1.165, 1.54) is 25.0 Å². The van der Waals surface area contributed by atoms with Crippen LogP contribution in [0.4, 0.5) is 8.78 Å². The Morgan fingerprint density at radius 1 is 1.20 bits per heavy atom. The van der Waals surface area contributed by atoms with E-state index in [-0.39, 0.29) is 5.75 Å². The molecule has 0 bridgehead atoms. The molecule has 1 fully saturated rings. The molecule has 0 atom stereocenters. The zero-order valence-electron chi connectivity index (χ0n) is 8.51. The van der Waals surface area contributed by atoms with Crippen LogP contribution < -0.4 is 4.74 Å². The number of hydrogen-bond donors (Lipinski definition) is 0. The van der Waals surface area contributed by atoms with Gasteiger partial charge in [0, 0.05) is 6.07 Å². The van der Waals surface area contributed by atoms with Crippen molar-refractivity contribution in [2.75, 3.05) is 6.61 Å². The van der Waals surface area contributed by atoms with Crippen molar-refractivity contribution in [3.63, 3.8) is 0 Å². The highest BCUT2D eigenvalue weighted by atomic mass is 19.1. The van der Waals surface area contributed by atoms with Crippen molar-refractivity contribution in [2.45, 2.75) is 25.7 Å². The zero-order chi connectivity index (χ0) is 10.7. The van der Waals surface area contributed by atoms with Crippen molar-refractivity contribution in [1.29, 1.82) is 0 Å². The first-order chi connectivity index (χ1) is 7.25. The van der Waals surface area contributed by atoms with Gasteiger partial charge in [-0.2, -0.15) is 0 Å². The third kappa shape index (κ3) is 2.67. The van der Waals surface area contributed by atoms with Crippen molar-refractivity contribution in [3.05, 3.63) is 29.8 Å². The van der Waals surface area contributed by atoms with E-state index in [1.54, 1.807) is 0 Å². The van der Waals surface area contributed by atoms with Gasteiger partial charge in [-0.15, -0.1) is 0 Å². The van der Waals surface area contributed by atoms with E-state index in [0.717, 1.165) is 18.9 Å². The second-order valence-electron chi connectivity index (χ2n) is 4.04. The number of halogens is 2. The minimum Gasteiger partial charge on any atom is -0.490 e. The fourth-order valence-corrected chi connectivity index (χ4v) is 1.98. The molecule has 15 heavy (non-hydrogen) atoms. The van der Waals surface area contributed by atoms with E-state index in [4.69, 9.17) is 4.74 Å². The SMILES string of the molecule is Fc1ccc(OCC2CCCC2)c(F)c1. The van der Waals surface area contributed by atoms with Gasteiger partial charge in [-0.1, -0.05) is 12.8 Å². The molecule has 1 aliphatic rings. The summed E-state index contributed by atoms with van der Waals surface area (Å²) < 4.78 is 31.1. The Morgan fingerprint density at radius 2 is 1.93 bits per heavy atom. The summed E-state index contributed by atoms with van der Waals surface area (Å²) in [5.74, 6) is -0.494. The fraction of sp³-hybridized carbons (Fsp3) is 0.500. The minimum atomic E-state index is -0.618. The largest absolute Gasteiger partial charge is 0.490 e. The molecule has 0 aliphatic heterocycles. The first kappa shape index (κ1) is 10.4. The molecule has 0 aromatic heterocycles. The normalized spacial score (nSPS) is 16.9. The lowest BCUT2D eigenvalue weighted by Gasteiger charge is -2.11. The number of ether oxygens (including phenoxy) is 1. The van der Waals surface area contributed by atoms with Crippen LogP contribution in [0, 0.1) is 17.6 Å². The van der Waals surface area contributed by atoms with Crippen LogP contribution in [0.15, 0.2) is 18.2 Å². The zero-order valence-corrected chi connectivity index (χ0v) is 8.51. The van der Waals surface area contributed by atoms with Crippen molar-refractivity contribution < 1.29 is 13.5 Å². The maximum Gasteiger partial charge on any atom is 0.167 e. The van der Waals surface area contributed by atoms with E-state index in [1.807, 2.05) is 0 Å². The Balaban J connectivity index is 1.92. The van der Waals surface area contributed by atoms with Gasteiger partial charge < -0.3 is 4.74 Å². The first-order valence-corrected chi connectivity index (χ1v) is 5.33. The molecule has 3 heteroatoms. The molecule has 0 unspecified atom stereocenters. The Morgan fingerprint density at radius 3 is 2.60 bits per heavy atom. The van der Waals surface area contributed by atoms with Crippen LogP contribution in [0.5, 0.6) is 5.75 Å². The molecular weight excluding hydrogens is 198 g/mol. The molecule has 2 rings (SSSR count). The van der Waals surface area contributed by atoms with Crippen molar-refractivity contribution in [3.8, 4) is 5.75 Å². The van der Waals surface area contributed by atoms with Crippen LogP contribution in [0.1, 0.15) is 25.7 Å². The summed E-state index contributed by atoms with van der Waals surface area (Å²) in [4.78, 5) is 0. The second-order valence-corrected chi connectivity index (χ2v) is 4.04. The summed E-state index contributed by atoms with van der Waals surface area (Å²) >= 11 is 0. The Kier molecular flexibility index (Phi) is 3.19. The Labute approximate surface area is 88.1 Å². The highest BCUT2D eigenvalue weighted by molar-refractivity contribution is 5.24. The third-order valence-electron chi connectivity index (χ3n) is 2.84. The first-order valence-electron chi connectivity index (χ1n) is 5.33. The molecule has 1 saturated carbocycles. The van der Waals surface area contributed by atoms with Gasteiger partial charge in [-0.25, -0.2) is 8.78 Å². The van der Waals surface area contributed by atoms with Crippen molar-refractivity contribution in [2.24, 2.45) is 5.92 Å². The molecule has 1 aromatic carbocycles. The van der Waals surface area contributed by atoms with E-state index in [2.05, 4.69) is 0 Å². The molecule has 0 radical (unpaired) electrons. The van der Waals surface area contributed by atoms with E-state index in [0.29, 0.717) is 12.5 Å². The standard InChI is InChI=1S/C12H14F2O/c13-10-5-6-12(11(14)7-10)15-8-9-3-1-2-4-9/h5-7,9H,1-4,8H2. The maximum atomic E-state index is 13.2. The molecule has 0 heterocycles. The van der Waals surface area contributed by atoms with Gasteiger partial charge in [0.1, 0.15) is 5.82 Å². The van der Waals surface area contributed by atoms with Gasteiger partial charge in [0.15, 0.2) is 11.6 Å². The van der Waals surface area contributed by atoms with Gasteiger partial charge in [-0.3, -0.25) is 0 Å². The van der Waals surface area contributed by atoms with Gasteiger partial charge in [0.05, 0.1) is 6.61 Å². The van der Waals surface area contributed by atoms with Crippen LogP contribution >= 0.6 is 0 Å². The fourth-order valence-electron chi connectivity index (χ4n) is 1.98. The molecule has 0 spiro atoms. The van der Waals surface area contributed by atoms with Crippen LogP contribution in [0.3, 0.4) is 0 Å². The van der Waals surface area contributed by atoms with Gasteiger partial charge in [-0.05, 0) is 30.9 Å². The molecular formula is C12H14F2O. The van der Waals surface area contributed by atoms with E-state index >= 15 is 0 Å². The smallest absolute Gasteiger partial charge is 0.167 e. The second kappa shape index (κ2) is 4.60. The summed E-state index contributed by atoms with van der Waals surface area (Å²) in [5.41, 5.74) is 0. The van der Waals surface area contributed by atoms with Crippen molar-refractivity contribution >= 4 is 0 Å². The highest BCUT2D eigenvalue weighted by Crippen LogP contribution is 2.26. The molecule has 1 aromatic rings. The van der Waals surface area contributed by atoms with Crippen LogP contribution in [0.25, 0.3) is 0 Å². The highest BCUT2D eigenvalue weighted by Gasteiger charge is 2.16. The number of hydrogen-bond acceptors (Lipinski definition) is 1. The summed E-state index contributed by atoms with van der Waals surface area (Å²) in [6.07, 6.45) is 4.78. The van der Waals surface area contributed by atoms with Crippen LogP contribution in [-0.2, 0) is 0 Å². The van der Waals surface area contributed by atoms with Gasteiger partial charge >= 0.3 is 0 Å². The average Bonchev–Trinajstić information content (AvgIpc) is 2.69. The Hall–Kier alpha value is -1.12. The lowest BCUT2D eigenvalue weighted by Crippen LogP contribution is -2.08. The van der Waals surface area contributed by atoms with Crippen LogP contribution in [-0.4, -0.2) is 6.61 Å². The van der Waals surface area contributed by atoms with E-state index in [9.17, 15) is 8.78 Å². The van der Waals surface area contributed by atoms with E-state index < -0.39 is 11.6 Å². The average molecular weight is 212 g/mol. The number of rotatable bonds is 3. The minimum absolute atomic E-state index is 0.156. The quantitative estimate of drug-likeness (QED) is 0.744. The molecule has 82 valence electrons. The molecule has 1 aliphatic carbocycles. The van der Waals surface area contributed by atoms with Gasteiger partial charge in [0.2, 0.25) is 0 Å². The molecule has 1 nitrogen and oxygen atoms in total. The van der Waals surface area contributed by atoms with Crippen molar-refractivity contribution in [1.82, 2.24) is 0 Å². The monoisotopic (exact) mass is 212 g/mol. The molecule has 0 amide bonds. The Bertz CT molecular complexity index is 332. The van der Waals surface area contributed by atoms with Crippen LogP contribution in [0.2, 0.25) is 0 Å². The lowest BCUT2D eigenvalue weighted by atomic mass is 10.1. The predicted octanol–water partition coefficient (Wildman–Crippen LogP) is 3.53.